The standard InChI is InChI=1S/C25H25NO4S/c1-3-30-25(28)22-20-13-12-17(16-8-5-4-6-9-16)15-21(20)31-24(22)26-23(27)18-10-7-11-19(14-18)29-2/h4-11,14,17H,3,12-13,15H2,1-2H3,(H,26,27)/t17-/m1/s1. The van der Waals surface area contributed by atoms with Crippen LogP contribution in [0.3, 0.4) is 0 Å². The Kier molecular flexibility index (Phi) is 6.37. The molecule has 5 nitrogen and oxygen atoms in total. The number of nitrogens with one attached hydrogen (secondary N) is 1. The third-order valence-corrected chi connectivity index (χ3v) is 6.74. The Hall–Kier alpha value is -3.12. The molecule has 0 aliphatic heterocycles. The molecular weight excluding hydrogens is 410 g/mol. The second kappa shape index (κ2) is 9.35. The third kappa shape index (κ3) is 4.49. The molecular formula is C25H25NO4S. The van der Waals surface area contributed by atoms with Gasteiger partial charge >= 0.3 is 5.97 Å². The lowest BCUT2D eigenvalue weighted by molar-refractivity contribution is 0.0526. The monoisotopic (exact) mass is 435 g/mol. The van der Waals surface area contributed by atoms with E-state index in [-0.39, 0.29) is 11.9 Å². The minimum absolute atomic E-state index is 0.275. The second-order valence-corrected chi connectivity index (χ2v) is 8.57. The van der Waals surface area contributed by atoms with Gasteiger partial charge in [-0.1, -0.05) is 36.4 Å². The Labute approximate surface area is 186 Å². The van der Waals surface area contributed by atoms with E-state index >= 15 is 0 Å². The number of fused-ring (bicyclic) bond motifs is 1. The van der Waals surface area contributed by atoms with Crippen LogP contribution in [0, 0.1) is 0 Å². The molecule has 6 heteroatoms. The largest absolute Gasteiger partial charge is 0.497 e. The molecule has 0 spiro atoms. The normalized spacial score (nSPS) is 15.1. The van der Waals surface area contributed by atoms with Gasteiger partial charge in [-0.15, -0.1) is 11.3 Å². The number of rotatable bonds is 6. The number of hydrogen-bond donors (Lipinski definition) is 1. The summed E-state index contributed by atoms with van der Waals surface area (Å²) >= 11 is 1.48. The van der Waals surface area contributed by atoms with E-state index in [2.05, 4.69) is 29.6 Å². The first-order valence-corrected chi connectivity index (χ1v) is 11.2. The van der Waals surface area contributed by atoms with Crippen LogP contribution < -0.4 is 10.1 Å². The zero-order chi connectivity index (χ0) is 21.8. The van der Waals surface area contributed by atoms with Crippen LogP contribution in [0.5, 0.6) is 5.75 Å². The molecule has 0 saturated heterocycles. The summed E-state index contributed by atoms with van der Waals surface area (Å²) in [6, 6.07) is 17.4. The molecule has 0 bridgehead atoms. The zero-order valence-electron chi connectivity index (χ0n) is 17.6. The topological polar surface area (TPSA) is 64.6 Å². The summed E-state index contributed by atoms with van der Waals surface area (Å²) in [6.07, 6.45) is 2.60. The average molecular weight is 436 g/mol. The molecule has 2 aromatic carbocycles. The molecule has 0 radical (unpaired) electrons. The lowest BCUT2D eigenvalue weighted by Gasteiger charge is -2.23. The van der Waals surface area contributed by atoms with Gasteiger partial charge in [0.15, 0.2) is 0 Å². The van der Waals surface area contributed by atoms with E-state index in [1.54, 1.807) is 38.3 Å². The molecule has 1 N–H and O–H groups in total. The highest BCUT2D eigenvalue weighted by molar-refractivity contribution is 7.17. The van der Waals surface area contributed by atoms with Gasteiger partial charge in [0, 0.05) is 10.4 Å². The summed E-state index contributed by atoms with van der Waals surface area (Å²) in [4.78, 5) is 26.8. The van der Waals surface area contributed by atoms with E-state index in [9.17, 15) is 9.59 Å². The van der Waals surface area contributed by atoms with Crippen molar-refractivity contribution in [2.24, 2.45) is 0 Å². The maximum Gasteiger partial charge on any atom is 0.341 e. The van der Waals surface area contributed by atoms with E-state index in [0.717, 1.165) is 29.7 Å². The van der Waals surface area contributed by atoms with Gasteiger partial charge in [0.2, 0.25) is 0 Å². The quantitative estimate of drug-likeness (QED) is 0.522. The lowest BCUT2D eigenvalue weighted by atomic mass is 9.83. The molecule has 1 atom stereocenters. The van der Waals surface area contributed by atoms with Gasteiger partial charge in [-0.2, -0.15) is 0 Å². The van der Waals surface area contributed by atoms with Crippen LogP contribution >= 0.6 is 11.3 Å². The molecule has 4 rings (SSSR count). The van der Waals surface area contributed by atoms with Gasteiger partial charge < -0.3 is 14.8 Å². The maximum atomic E-state index is 12.9. The molecule has 3 aromatic rings. The fourth-order valence-electron chi connectivity index (χ4n) is 4.04. The van der Waals surface area contributed by atoms with Gasteiger partial charge in [0.1, 0.15) is 10.8 Å². The average Bonchev–Trinajstić information content (AvgIpc) is 3.16. The maximum absolute atomic E-state index is 12.9. The summed E-state index contributed by atoms with van der Waals surface area (Å²) in [6.45, 7) is 2.08. The number of ether oxygens (including phenoxy) is 2. The minimum atomic E-state index is -0.376. The first kappa shape index (κ1) is 21.1. The van der Waals surface area contributed by atoms with Crippen LogP contribution in [-0.4, -0.2) is 25.6 Å². The Morgan fingerprint density at radius 1 is 1.13 bits per heavy atom. The van der Waals surface area contributed by atoms with Crippen molar-refractivity contribution in [3.8, 4) is 5.75 Å². The number of amides is 1. The summed E-state index contributed by atoms with van der Waals surface area (Å²) < 4.78 is 10.5. The number of carbonyl (C=O) groups is 2. The minimum Gasteiger partial charge on any atom is -0.497 e. The Bertz CT molecular complexity index is 1090. The number of esters is 1. The highest BCUT2D eigenvalue weighted by Gasteiger charge is 2.31. The first-order valence-electron chi connectivity index (χ1n) is 10.4. The molecule has 0 fully saturated rings. The van der Waals surface area contributed by atoms with Crippen molar-refractivity contribution in [1.82, 2.24) is 0 Å². The smallest absolute Gasteiger partial charge is 0.341 e. The van der Waals surface area contributed by atoms with E-state index < -0.39 is 0 Å². The summed E-state index contributed by atoms with van der Waals surface area (Å²) in [7, 11) is 1.56. The summed E-state index contributed by atoms with van der Waals surface area (Å²) in [5.41, 5.74) is 3.30. The zero-order valence-corrected chi connectivity index (χ0v) is 18.5. The number of benzene rings is 2. The molecule has 0 unspecified atom stereocenters. The number of methoxy groups -OCH3 is 1. The van der Waals surface area contributed by atoms with Gasteiger partial charge in [-0.25, -0.2) is 4.79 Å². The Balaban J connectivity index is 1.65. The SMILES string of the molecule is CCOC(=O)c1c(NC(=O)c2cccc(OC)c2)sc2c1CC[C@@H](c1ccccc1)C2. The predicted molar refractivity (Wildman–Crippen MR) is 122 cm³/mol. The predicted octanol–water partition coefficient (Wildman–Crippen LogP) is 5.46. The fourth-order valence-corrected chi connectivity index (χ4v) is 5.35. The van der Waals surface area contributed by atoms with Crippen LogP contribution in [0.1, 0.15) is 56.0 Å². The van der Waals surface area contributed by atoms with Crippen molar-refractivity contribution in [1.29, 1.82) is 0 Å². The van der Waals surface area contributed by atoms with Crippen LogP contribution in [0.4, 0.5) is 5.00 Å². The van der Waals surface area contributed by atoms with Crippen LogP contribution in [0.2, 0.25) is 0 Å². The highest BCUT2D eigenvalue weighted by atomic mass is 32.1. The van der Waals surface area contributed by atoms with Gasteiger partial charge in [0.25, 0.3) is 5.91 Å². The lowest BCUT2D eigenvalue weighted by Crippen LogP contribution is -2.17. The fraction of sp³-hybridized carbons (Fsp3) is 0.280. The van der Waals surface area contributed by atoms with Gasteiger partial charge in [-0.3, -0.25) is 4.79 Å². The molecule has 0 saturated carbocycles. The molecule has 1 aliphatic rings. The number of hydrogen-bond acceptors (Lipinski definition) is 5. The number of thiophene rings is 1. The van der Waals surface area contributed by atoms with Crippen molar-refractivity contribution in [2.75, 3.05) is 19.0 Å². The van der Waals surface area contributed by atoms with Crippen LogP contribution in [0.25, 0.3) is 0 Å². The third-order valence-electron chi connectivity index (χ3n) is 5.57. The van der Waals surface area contributed by atoms with Crippen LogP contribution in [-0.2, 0) is 17.6 Å². The Morgan fingerprint density at radius 3 is 2.68 bits per heavy atom. The van der Waals surface area contributed by atoms with Crippen molar-refractivity contribution in [2.45, 2.75) is 32.1 Å². The van der Waals surface area contributed by atoms with Crippen molar-refractivity contribution >= 4 is 28.2 Å². The number of carbonyl (C=O) groups excluding carboxylic acids is 2. The first-order chi connectivity index (χ1) is 15.1. The molecule has 31 heavy (non-hydrogen) atoms. The van der Waals surface area contributed by atoms with E-state index in [4.69, 9.17) is 9.47 Å². The second-order valence-electron chi connectivity index (χ2n) is 7.46. The van der Waals surface area contributed by atoms with Crippen LogP contribution in [0.15, 0.2) is 54.6 Å². The van der Waals surface area contributed by atoms with E-state index in [0.29, 0.717) is 34.4 Å². The number of anilines is 1. The van der Waals surface area contributed by atoms with Gasteiger partial charge in [0.05, 0.1) is 19.3 Å². The van der Waals surface area contributed by atoms with Gasteiger partial charge in [-0.05, 0) is 61.4 Å². The van der Waals surface area contributed by atoms with Crippen molar-refractivity contribution in [3.05, 3.63) is 81.7 Å². The summed E-state index contributed by atoms with van der Waals surface area (Å²) in [5, 5.41) is 3.51. The van der Waals surface area contributed by atoms with Crippen molar-refractivity contribution < 1.29 is 19.1 Å². The molecule has 1 heterocycles. The van der Waals surface area contributed by atoms with E-state index in [1.807, 2.05) is 6.07 Å². The highest BCUT2D eigenvalue weighted by Crippen LogP contribution is 2.43. The molecule has 1 amide bonds. The summed E-state index contributed by atoms with van der Waals surface area (Å²) in [5.74, 6) is 0.362. The molecule has 1 aromatic heterocycles. The molecule has 160 valence electrons. The van der Waals surface area contributed by atoms with Crippen molar-refractivity contribution in [3.63, 3.8) is 0 Å². The molecule has 1 aliphatic carbocycles. The Morgan fingerprint density at radius 2 is 1.94 bits per heavy atom. The van der Waals surface area contributed by atoms with E-state index in [1.165, 1.54) is 16.9 Å².